The van der Waals surface area contributed by atoms with Gasteiger partial charge in [-0.2, -0.15) is 0 Å². The zero-order valence-electron chi connectivity index (χ0n) is 9.02. The van der Waals surface area contributed by atoms with Crippen LogP contribution in [0.15, 0.2) is 34.8 Å². The molecule has 2 unspecified atom stereocenters. The van der Waals surface area contributed by atoms with Crippen molar-refractivity contribution in [3.63, 3.8) is 0 Å². The molecule has 0 aromatic heterocycles. The van der Waals surface area contributed by atoms with Crippen LogP contribution >= 0.6 is 0 Å². The molecule has 2 aliphatic rings. The molecule has 0 amide bonds. The van der Waals surface area contributed by atoms with Crippen LogP contribution in [0.4, 0.5) is 0 Å². The first-order valence-electron chi connectivity index (χ1n) is 5.17. The van der Waals surface area contributed by atoms with Crippen LogP contribution in [0.1, 0.15) is 5.56 Å². The normalized spacial score (nSPS) is 27.7. The van der Waals surface area contributed by atoms with E-state index in [0.29, 0.717) is 5.56 Å². The minimum atomic E-state index is -3.42. The van der Waals surface area contributed by atoms with Gasteiger partial charge >= 0.3 is 0 Å². The van der Waals surface area contributed by atoms with Crippen LogP contribution in [-0.2, 0) is 14.7 Å². The zero-order chi connectivity index (χ0) is 12.9. The van der Waals surface area contributed by atoms with E-state index in [9.17, 15) is 18.6 Å². The van der Waals surface area contributed by atoms with Crippen LogP contribution in [0, 0.1) is 0 Å². The Morgan fingerprint density at radius 2 is 2.00 bits per heavy atom. The Kier molecular flexibility index (Phi) is 2.15. The van der Waals surface area contributed by atoms with Gasteiger partial charge in [-0.25, -0.2) is 8.42 Å². The Balaban J connectivity index is 2.06. The van der Waals surface area contributed by atoms with Crippen LogP contribution in [0.2, 0.25) is 0 Å². The molecule has 1 aromatic carbocycles. The molecule has 0 radical (unpaired) electrons. The van der Waals surface area contributed by atoms with Crippen molar-refractivity contribution in [3.05, 3.63) is 35.2 Å². The summed E-state index contributed by atoms with van der Waals surface area (Å²) in [5, 5.41) is 22.6. The Hall–Kier alpha value is -2.02. The molecule has 1 aromatic rings. The molecule has 94 valence electrons. The third kappa shape index (κ3) is 1.47. The molecule has 6 nitrogen and oxygen atoms in total. The number of phenolic OH excluding ortho intramolecular Hbond substituents is 2. The van der Waals surface area contributed by atoms with E-state index in [4.69, 9.17) is 4.84 Å². The van der Waals surface area contributed by atoms with Gasteiger partial charge in [0.1, 0.15) is 5.71 Å². The number of sulfone groups is 1. The van der Waals surface area contributed by atoms with Crippen LogP contribution < -0.4 is 0 Å². The summed E-state index contributed by atoms with van der Waals surface area (Å²) in [6.45, 7) is 0. The molecule has 0 saturated heterocycles. The monoisotopic (exact) mass is 267 g/mol. The lowest BCUT2D eigenvalue weighted by Gasteiger charge is -2.09. The summed E-state index contributed by atoms with van der Waals surface area (Å²) in [7, 11) is -3.42. The summed E-state index contributed by atoms with van der Waals surface area (Å²) in [4.78, 5) is 5.03. The molecule has 0 bridgehead atoms. The van der Waals surface area contributed by atoms with Gasteiger partial charge in [0.05, 0.1) is 0 Å². The van der Waals surface area contributed by atoms with E-state index in [-0.39, 0.29) is 17.2 Å². The predicted molar refractivity (Wildman–Crippen MR) is 63.0 cm³/mol. The number of nitrogens with zero attached hydrogens (tertiary/aromatic N) is 1. The van der Waals surface area contributed by atoms with Crippen molar-refractivity contribution in [2.24, 2.45) is 5.16 Å². The van der Waals surface area contributed by atoms with Gasteiger partial charge in [0.15, 0.2) is 32.7 Å². The van der Waals surface area contributed by atoms with E-state index in [2.05, 4.69) is 5.16 Å². The number of fused-ring (bicyclic) bond motifs is 1. The Morgan fingerprint density at radius 3 is 2.72 bits per heavy atom. The topological polar surface area (TPSA) is 96.2 Å². The van der Waals surface area contributed by atoms with Gasteiger partial charge in [0.25, 0.3) is 0 Å². The van der Waals surface area contributed by atoms with E-state index in [1.165, 1.54) is 24.3 Å². The van der Waals surface area contributed by atoms with Crippen molar-refractivity contribution in [3.8, 4) is 11.5 Å². The van der Waals surface area contributed by atoms with E-state index in [0.717, 1.165) is 5.41 Å². The third-order valence-electron chi connectivity index (χ3n) is 2.92. The van der Waals surface area contributed by atoms with Crippen LogP contribution in [0.5, 0.6) is 11.5 Å². The highest BCUT2D eigenvalue weighted by Crippen LogP contribution is 2.33. The van der Waals surface area contributed by atoms with Crippen molar-refractivity contribution in [2.75, 3.05) is 0 Å². The Bertz CT molecular complexity index is 677. The highest BCUT2D eigenvalue weighted by atomic mass is 32.2. The average molecular weight is 267 g/mol. The van der Waals surface area contributed by atoms with E-state index in [1.54, 1.807) is 0 Å². The Labute approximate surface area is 103 Å². The molecule has 0 aliphatic carbocycles. The third-order valence-corrected chi connectivity index (χ3v) is 4.66. The van der Waals surface area contributed by atoms with Crippen molar-refractivity contribution in [1.82, 2.24) is 0 Å². The summed E-state index contributed by atoms with van der Waals surface area (Å²) >= 11 is 0. The SMILES string of the molecule is O=S1(=O)C=CC2ON=C(c3ccc(O)c(O)c3)C21. The molecule has 2 N–H and O–H groups in total. The molecule has 18 heavy (non-hydrogen) atoms. The van der Waals surface area contributed by atoms with E-state index < -0.39 is 21.2 Å². The fraction of sp³-hybridized carbons (Fsp3) is 0.182. The predicted octanol–water partition coefficient (Wildman–Crippen LogP) is 0.511. The standard InChI is InChI=1S/C11H9NO5S/c13-7-2-1-6(5-8(7)14)10-11-9(17-12-10)3-4-18(11,15)16/h1-5,9,11,13-14H. The smallest absolute Gasteiger partial charge is 0.184 e. The maximum absolute atomic E-state index is 11.8. The van der Waals surface area contributed by atoms with Gasteiger partial charge < -0.3 is 15.1 Å². The fourth-order valence-corrected chi connectivity index (χ4v) is 3.58. The van der Waals surface area contributed by atoms with Crippen LogP contribution in [0.3, 0.4) is 0 Å². The maximum Gasteiger partial charge on any atom is 0.184 e. The first kappa shape index (κ1) is 11.1. The quantitative estimate of drug-likeness (QED) is 0.723. The summed E-state index contributed by atoms with van der Waals surface area (Å²) < 4.78 is 23.6. The molecule has 0 spiro atoms. The fourth-order valence-electron chi connectivity index (χ4n) is 2.03. The minimum absolute atomic E-state index is 0.236. The Morgan fingerprint density at radius 1 is 1.22 bits per heavy atom. The molecule has 7 heteroatoms. The number of phenols is 2. The van der Waals surface area contributed by atoms with Crippen molar-refractivity contribution < 1.29 is 23.5 Å². The number of hydrogen-bond acceptors (Lipinski definition) is 6. The van der Waals surface area contributed by atoms with Crippen molar-refractivity contribution in [2.45, 2.75) is 11.4 Å². The van der Waals surface area contributed by atoms with Gasteiger partial charge in [0, 0.05) is 11.0 Å². The molecule has 0 saturated carbocycles. The summed E-state index contributed by atoms with van der Waals surface area (Å²) in [6, 6.07) is 4.01. The molecular weight excluding hydrogens is 258 g/mol. The highest BCUT2D eigenvalue weighted by molar-refractivity contribution is 7.96. The zero-order valence-corrected chi connectivity index (χ0v) is 9.83. The van der Waals surface area contributed by atoms with Gasteiger partial charge in [-0.05, 0) is 24.3 Å². The van der Waals surface area contributed by atoms with Gasteiger partial charge in [-0.1, -0.05) is 5.16 Å². The first-order chi connectivity index (χ1) is 8.49. The number of aromatic hydroxyl groups is 2. The molecule has 0 fully saturated rings. The molecular formula is C11H9NO5S. The summed E-state index contributed by atoms with van der Waals surface area (Å²) in [5.74, 6) is -0.607. The number of rotatable bonds is 1. The van der Waals surface area contributed by atoms with Crippen LogP contribution in [0.25, 0.3) is 0 Å². The average Bonchev–Trinajstić information content (AvgIpc) is 2.85. The second-order valence-electron chi connectivity index (χ2n) is 4.09. The van der Waals surface area contributed by atoms with E-state index in [1.807, 2.05) is 0 Å². The van der Waals surface area contributed by atoms with Crippen LogP contribution in [-0.4, -0.2) is 35.7 Å². The summed E-state index contributed by atoms with van der Waals surface area (Å²) in [5.41, 5.74) is 0.644. The second-order valence-corrected chi connectivity index (χ2v) is 6.05. The highest BCUT2D eigenvalue weighted by Gasteiger charge is 2.46. The van der Waals surface area contributed by atoms with Gasteiger partial charge in [0.2, 0.25) is 0 Å². The lowest BCUT2D eigenvalue weighted by atomic mass is 10.0. The largest absolute Gasteiger partial charge is 0.504 e. The van der Waals surface area contributed by atoms with Crippen molar-refractivity contribution in [1.29, 1.82) is 0 Å². The molecule has 2 aliphatic heterocycles. The van der Waals surface area contributed by atoms with E-state index >= 15 is 0 Å². The second kappa shape index (κ2) is 3.49. The minimum Gasteiger partial charge on any atom is -0.504 e. The molecule has 3 rings (SSSR count). The first-order valence-corrected chi connectivity index (χ1v) is 6.78. The van der Waals surface area contributed by atoms with Gasteiger partial charge in [-0.3, -0.25) is 0 Å². The number of benzene rings is 1. The number of hydrogen-bond donors (Lipinski definition) is 2. The number of oxime groups is 1. The molecule has 2 atom stereocenters. The molecule has 2 heterocycles. The van der Waals surface area contributed by atoms with Crippen molar-refractivity contribution >= 4 is 15.5 Å². The summed E-state index contributed by atoms with van der Waals surface area (Å²) in [6.07, 6.45) is 0.831. The lowest BCUT2D eigenvalue weighted by molar-refractivity contribution is 0.123. The van der Waals surface area contributed by atoms with Gasteiger partial charge in [-0.15, -0.1) is 0 Å². The lowest BCUT2D eigenvalue weighted by Crippen LogP contribution is -2.31. The maximum atomic E-state index is 11.8.